The fourth-order valence-electron chi connectivity index (χ4n) is 4.68. The topological polar surface area (TPSA) is 97.8 Å². The number of aliphatic carboxylic acids is 1. The summed E-state index contributed by atoms with van der Waals surface area (Å²) in [6, 6.07) is 13.7. The van der Waals surface area contributed by atoms with Gasteiger partial charge in [-0.25, -0.2) is 4.79 Å². The number of pyridine rings is 1. The van der Waals surface area contributed by atoms with Gasteiger partial charge in [0.2, 0.25) is 0 Å². The molecule has 2 N–H and O–H groups in total. The van der Waals surface area contributed by atoms with Crippen LogP contribution in [0.4, 0.5) is 0 Å². The number of nitrogens with zero attached hydrogens (tertiary/aromatic N) is 1. The van der Waals surface area contributed by atoms with Gasteiger partial charge in [-0.1, -0.05) is 37.5 Å². The molecule has 1 amide bonds. The van der Waals surface area contributed by atoms with Gasteiger partial charge in [0.05, 0.1) is 19.7 Å². The highest BCUT2D eigenvalue weighted by Crippen LogP contribution is 2.32. The van der Waals surface area contributed by atoms with Crippen molar-refractivity contribution in [1.82, 2.24) is 10.3 Å². The van der Waals surface area contributed by atoms with Crippen LogP contribution in [-0.2, 0) is 11.2 Å². The van der Waals surface area contributed by atoms with E-state index in [1.165, 1.54) is 46.3 Å². The zero-order valence-corrected chi connectivity index (χ0v) is 19.5. The Kier molecular flexibility index (Phi) is 7.30. The van der Waals surface area contributed by atoms with Gasteiger partial charge in [-0.15, -0.1) is 0 Å². The predicted molar refractivity (Wildman–Crippen MR) is 130 cm³/mol. The van der Waals surface area contributed by atoms with Crippen molar-refractivity contribution in [1.29, 1.82) is 0 Å². The van der Waals surface area contributed by atoms with Gasteiger partial charge in [0.25, 0.3) is 5.91 Å². The number of carbonyl (C=O) groups excluding carboxylic acids is 1. The minimum atomic E-state index is -1.12. The lowest BCUT2D eigenvalue weighted by molar-refractivity contribution is -0.139. The molecule has 0 saturated heterocycles. The number of carboxylic acid groups (broad SMARTS) is 1. The minimum Gasteiger partial charge on any atom is -0.496 e. The standard InChI is InChI=1S/C27H30N2O5/c1-33-23-9-6-10-24(34-2)25(23)26(30)29-22(27(31)32)16-17-11-13-21-19(15-17)12-14-20(28-21)18-7-4-3-5-8-18/h6,9-15,18,22H,3-5,7-8,16H2,1-2H3,(H,29,30)(H,31,32). The third-order valence-electron chi connectivity index (χ3n) is 6.50. The molecule has 0 bridgehead atoms. The van der Waals surface area contributed by atoms with Gasteiger partial charge in [0.1, 0.15) is 23.1 Å². The molecular weight excluding hydrogens is 432 g/mol. The number of amides is 1. The number of ether oxygens (including phenoxy) is 2. The predicted octanol–water partition coefficient (Wildman–Crippen LogP) is 4.73. The van der Waals surface area contributed by atoms with Crippen molar-refractivity contribution in [3.05, 3.63) is 65.4 Å². The average molecular weight is 463 g/mol. The van der Waals surface area contributed by atoms with Gasteiger partial charge in [0, 0.05) is 23.4 Å². The van der Waals surface area contributed by atoms with Gasteiger partial charge in [-0.3, -0.25) is 9.78 Å². The number of hydrogen-bond acceptors (Lipinski definition) is 5. The summed E-state index contributed by atoms with van der Waals surface area (Å²) in [5.74, 6) is -0.538. The number of hydrogen-bond donors (Lipinski definition) is 2. The summed E-state index contributed by atoms with van der Waals surface area (Å²) in [4.78, 5) is 29.8. The van der Waals surface area contributed by atoms with Crippen LogP contribution in [0.15, 0.2) is 48.5 Å². The highest BCUT2D eigenvalue weighted by molar-refractivity contribution is 6.01. The van der Waals surface area contributed by atoms with Crippen LogP contribution in [0.5, 0.6) is 11.5 Å². The number of nitrogens with one attached hydrogen (secondary N) is 1. The van der Waals surface area contributed by atoms with Crippen LogP contribution in [-0.4, -0.2) is 42.2 Å². The van der Waals surface area contributed by atoms with Crippen LogP contribution in [0.3, 0.4) is 0 Å². The SMILES string of the molecule is COc1cccc(OC)c1C(=O)NC(Cc1ccc2nc(C3CCCCC3)ccc2c1)C(=O)O. The second-order valence-corrected chi connectivity index (χ2v) is 8.70. The molecule has 0 aliphatic heterocycles. The molecule has 1 aromatic heterocycles. The van der Waals surface area contributed by atoms with Crippen LogP contribution in [0, 0.1) is 0 Å². The highest BCUT2D eigenvalue weighted by atomic mass is 16.5. The maximum Gasteiger partial charge on any atom is 0.326 e. The van der Waals surface area contributed by atoms with E-state index in [1.807, 2.05) is 18.2 Å². The molecule has 1 unspecified atom stereocenters. The first-order valence-corrected chi connectivity index (χ1v) is 11.6. The van der Waals surface area contributed by atoms with Crippen molar-refractivity contribution in [2.24, 2.45) is 0 Å². The molecule has 4 rings (SSSR count). The van der Waals surface area contributed by atoms with E-state index in [1.54, 1.807) is 18.2 Å². The molecule has 1 aliphatic rings. The average Bonchev–Trinajstić information content (AvgIpc) is 2.87. The molecule has 1 aliphatic carbocycles. The molecule has 1 fully saturated rings. The Bertz CT molecular complexity index is 1160. The van der Waals surface area contributed by atoms with Crippen LogP contribution in [0.25, 0.3) is 10.9 Å². The van der Waals surface area contributed by atoms with Crippen LogP contribution in [0.1, 0.15) is 59.6 Å². The van der Waals surface area contributed by atoms with Crippen molar-refractivity contribution >= 4 is 22.8 Å². The van der Waals surface area contributed by atoms with E-state index in [0.29, 0.717) is 17.4 Å². The summed E-state index contributed by atoms with van der Waals surface area (Å²) in [5.41, 5.74) is 3.01. The van der Waals surface area contributed by atoms with Crippen molar-refractivity contribution in [3.63, 3.8) is 0 Å². The fraction of sp³-hybridized carbons (Fsp3) is 0.370. The van der Waals surface area contributed by atoms with Crippen LogP contribution >= 0.6 is 0 Å². The van der Waals surface area contributed by atoms with E-state index in [0.717, 1.165) is 22.2 Å². The first-order valence-electron chi connectivity index (χ1n) is 11.6. The zero-order valence-electron chi connectivity index (χ0n) is 19.5. The second kappa shape index (κ2) is 10.5. The third kappa shape index (κ3) is 5.14. The molecule has 7 nitrogen and oxygen atoms in total. The lowest BCUT2D eigenvalue weighted by atomic mass is 9.86. The maximum absolute atomic E-state index is 13.0. The highest BCUT2D eigenvalue weighted by Gasteiger charge is 2.25. The van der Waals surface area contributed by atoms with E-state index in [4.69, 9.17) is 14.5 Å². The molecule has 3 aromatic rings. The van der Waals surface area contributed by atoms with Gasteiger partial charge >= 0.3 is 5.97 Å². The molecule has 2 aromatic carbocycles. The summed E-state index contributed by atoms with van der Waals surface area (Å²) in [5, 5.41) is 13.4. The summed E-state index contributed by atoms with van der Waals surface area (Å²) in [7, 11) is 2.89. The third-order valence-corrected chi connectivity index (χ3v) is 6.50. The molecule has 0 radical (unpaired) electrons. The van der Waals surface area contributed by atoms with Crippen molar-refractivity contribution in [2.45, 2.75) is 50.5 Å². The summed E-state index contributed by atoms with van der Waals surface area (Å²) < 4.78 is 10.6. The summed E-state index contributed by atoms with van der Waals surface area (Å²) in [6.45, 7) is 0. The second-order valence-electron chi connectivity index (χ2n) is 8.70. The number of rotatable bonds is 8. The Morgan fingerprint density at radius 3 is 2.38 bits per heavy atom. The van der Waals surface area contributed by atoms with Crippen molar-refractivity contribution < 1.29 is 24.2 Å². The minimum absolute atomic E-state index is 0.138. The van der Waals surface area contributed by atoms with Gasteiger partial charge in [0.15, 0.2) is 0 Å². The van der Waals surface area contributed by atoms with E-state index in [-0.39, 0.29) is 12.0 Å². The number of carboxylic acids is 1. The summed E-state index contributed by atoms with van der Waals surface area (Å²) >= 11 is 0. The Labute approximate surface area is 199 Å². The Balaban J connectivity index is 1.53. The fourth-order valence-corrected chi connectivity index (χ4v) is 4.68. The van der Waals surface area contributed by atoms with Gasteiger partial charge in [-0.05, 0) is 48.7 Å². The molecule has 1 atom stereocenters. The molecule has 1 heterocycles. The number of methoxy groups -OCH3 is 2. The number of fused-ring (bicyclic) bond motifs is 1. The first kappa shape index (κ1) is 23.5. The van der Waals surface area contributed by atoms with Crippen molar-refractivity contribution in [3.8, 4) is 11.5 Å². The number of carbonyl (C=O) groups is 2. The van der Waals surface area contributed by atoms with Gasteiger partial charge in [-0.2, -0.15) is 0 Å². The monoisotopic (exact) mass is 462 g/mol. The quantitative estimate of drug-likeness (QED) is 0.502. The molecule has 34 heavy (non-hydrogen) atoms. The van der Waals surface area contributed by atoms with E-state index in [9.17, 15) is 14.7 Å². The molecule has 0 spiro atoms. The molecule has 1 saturated carbocycles. The zero-order chi connectivity index (χ0) is 24.1. The van der Waals surface area contributed by atoms with E-state index in [2.05, 4.69) is 17.4 Å². The smallest absolute Gasteiger partial charge is 0.326 e. The van der Waals surface area contributed by atoms with E-state index >= 15 is 0 Å². The first-order chi connectivity index (χ1) is 16.5. The van der Waals surface area contributed by atoms with Crippen LogP contribution < -0.4 is 14.8 Å². The molecule has 7 heteroatoms. The maximum atomic E-state index is 13.0. The Morgan fingerprint density at radius 2 is 1.74 bits per heavy atom. The lowest BCUT2D eigenvalue weighted by Gasteiger charge is -2.21. The van der Waals surface area contributed by atoms with Gasteiger partial charge < -0.3 is 19.9 Å². The Hall–Kier alpha value is -3.61. The van der Waals surface area contributed by atoms with E-state index < -0.39 is 17.9 Å². The summed E-state index contributed by atoms with van der Waals surface area (Å²) in [6.07, 6.45) is 6.33. The normalized spacial score (nSPS) is 15.0. The largest absolute Gasteiger partial charge is 0.496 e. The van der Waals surface area contributed by atoms with Crippen molar-refractivity contribution in [2.75, 3.05) is 14.2 Å². The lowest BCUT2D eigenvalue weighted by Crippen LogP contribution is -2.42. The molecule has 178 valence electrons. The number of benzene rings is 2. The number of aromatic nitrogens is 1. The van der Waals surface area contributed by atoms with Crippen LogP contribution in [0.2, 0.25) is 0 Å². The molecular formula is C27H30N2O5. The Morgan fingerprint density at radius 1 is 1.03 bits per heavy atom.